The lowest BCUT2D eigenvalue weighted by atomic mass is 9.85. The quantitative estimate of drug-likeness (QED) is 0.584. The number of piperidine rings is 1. The third-order valence-corrected chi connectivity index (χ3v) is 7.85. The molecule has 0 spiro atoms. The number of para-hydroxylation sites is 1. The first-order chi connectivity index (χ1) is 18.5. The van der Waals surface area contributed by atoms with Gasteiger partial charge in [0, 0.05) is 56.6 Å². The SMILES string of the molecule is O=C(Nc1ccc(N2CCCN(C(=O)Nc3ccccc3F)CC2)c(C(=O)N2CCCCC2)c1)C1CCC1. The van der Waals surface area contributed by atoms with Crippen LogP contribution in [0.1, 0.15) is 55.3 Å². The number of urea groups is 1. The predicted molar refractivity (Wildman–Crippen MR) is 146 cm³/mol. The maximum Gasteiger partial charge on any atom is 0.321 e. The molecule has 0 aromatic heterocycles. The number of carbonyl (C=O) groups is 3. The maximum atomic E-state index is 14.0. The van der Waals surface area contributed by atoms with Gasteiger partial charge in [0.2, 0.25) is 5.91 Å². The van der Waals surface area contributed by atoms with Gasteiger partial charge < -0.3 is 25.3 Å². The molecule has 0 unspecified atom stereocenters. The Kier molecular flexibility index (Phi) is 8.10. The average molecular weight is 522 g/mol. The molecule has 5 rings (SSSR count). The lowest BCUT2D eigenvalue weighted by molar-refractivity contribution is -0.122. The van der Waals surface area contributed by atoms with E-state index >= 15 is 0 Å². The summed E-state index contributed by atoms with van der Waals surface area (Å²) in [7, 11) is 0. The third kappa shape index (κ3) is 5.92. The van der Waals surface area contributed by atoms with Gasteiger partial charge in [-0.3, -0.25) is 9.59 Å². The van der Waals surface area contributed by atoms with Gasteiger partial charge in [0.1, 0.15) is 5.82 Å². The molecule has 0 bridgehead atoms. The van der Waals surface area contributed by atoms with Crippen molar-refractivity contribution in [2.24, 2.45) is 5.92 Å². The highest BCUT2D eigenvalue weighted by Gasteiger charge is 2.28. The number of hydrogen-bond acceptors (Lipinski definition) is 4. The molecule has 2 aromatic carbocycles. The van der Waals surface area contributed by atoms with Gasteiger partial charge in [-0.25, -0.2) is 9.18 Å². The van der Waals surface area contributed by atoms with E-state index in [1.807, 2.05) is 23.1 Å². The Morgan fingerprint density at radius 2 is 1.53 bits per heavy atom. The maximum absolute atomic E-state index is 14.0. The van der Waals surface area contributed by atoms with E-state index in [0.717, 1.165) is 57.3 Å². The summed E-state index contributed by atoms with van der Waals surface area (Å²) in [5.74, 6) is -0.407. The van der Waals surface area contributed by atoms with E-state index in [4.69, 9.17) is 0 Å². The molecule has 2 saturated heterocycles. The van der Waals surface area contributed by atoms with Gasteiger partial charge in [0.15, 0.2) is 0 Å². The fourth-order valence-electron chi connectivity index (χ4n) is 5.36. The summed E-state index contributed by atoms with van der Waals surface area (Å²) in [5, 5.41) is 5.69. The van der Waals surface area contributed by atoms with Gasteiger partial charge in [0.05, 0.1) is 11.3 Å². The fraction of sp³-hybridized carbons (Fsp3) is 0.483. The van der Waals surface area contributed by atoms with E-state index in [1.54, 1.807) is 23.1 Å². The first kappa shape index (κ1) is 26.0. The van der Waals surface area contributed by atoms with E-state index in [9.17, 15) is 18.8 Å². The highest BCUT2D eigenvalue weighted by atomic mass is 19.1. The Hall–Kier alpha value is -3.62. The van der Waals surface area contributed by atoms with E-state index < -0.39 is 5.82 Å². The molecule has 0 radical (unpaired) electrons. The molecule has 1 saturated carbocycles. The summed E-state index contributed by atoms with van der Waals surface area (Å²) in [6.07, 6.45) is 6.74. The summed E-state index contributed by atoms with van der Waals surface area (Å²) in [6, 6.07) is 11.4. The molecule has 2 aliphatic heterocycles. The highest BCUT2D eigenvalue weighted by Crippen LogP contribution is 2.31. The smallest absolute Gasteiger partial charge is 0.321 e. The number of nitrogens with one attached hydrogen (secondary N) is 2. The summed E-state index contributed by atoms with van der Waals surface area (Å²) in [4.78, 5) is 44.8. The monoisotopic (exact) mass is 521 g/mol. The van der Waals surface area contributed by atoms with Crippen molar-refractivity contribution < 1.29 is 18.8 Å². The summed E-state index contributed by atoms with van der Waals surface area (Å²) >= 11 is 0. The van der Waals surface area contributed by atoms with Crippen molar-refractivity contribution in [1.82, 2.24) is 9.80 Å². The Morgan fingerprint density at radius 3 is 2.26 bits per heavy atom. The van der Waals surface area contributed by atoms with Crippen LogP contribution < -0.4 is 15.5 Å². The van der Waals surface area contributed by atoms with Crippen molar-refractivity contribution in [2.75, 3.05) is 54.8 Å². The lowest BCUT2D eigenvalue weighted by Crippen LogP contribution is -2.39. The summed E-state index contributed by atoms with van der Waals surface area (Å²) in [6.45, 7) is 3.66. The highest BCUT2D eigenvalue weighted by molar-refractivity contribution is 6.02. The number of carbonyl (C=O) groups excluding carboxylic acids is 3. The van der Waals surface area contributed by atoms with E-state index in [0.29, 0.717) is 43.9 Å². The fourth-order valence-corrected chi connectivity index (χ4v) is 5.36. The zero-order valence-electron chi connectivity index (χ0n) is 21.8. The van der Waals surface area contributed by atoms with Gasteiger partial charge >= 0.3 is 6.03 Å². The number of nitrogens with zero attached hydrogens (tertiary/aromatic N) is 3. The Balaban J connectivity index is 1.32. The van der Waals surface area contributed by atoms with Crippen molar-refractivity contribution >= 4 is 34.9 Å². The molecule has 3 fully saturated rings. The van der Waals surface area contributed by atoms with Gasteiger partial charge in [-0.15, -0.1) is 0 Å². The van der Waals surface area contributed by atoms with Gasteiger partial charge in [-0.2, -0.15) is 0 Å². The first-order valence-corrected chi connectivity index (χ1v) is 13.8. The van der Waals surface area contributed by atoms with Crippen LogP contribution in [0.5, 0.6) is 0 Å². The predicted octanol–water partition coefficient (Wildman–Crippen LogP) is 4.93. The topological polar surface area (TPSA) is 85.0 Å². The van der Waals surface area contributed by atoms with Crippen LogP contribution in [0.4, 0.5) is 26.2 Å². The molecule has 2 N–H and O–H groups in total. The molecular weight excluding hydrogens is 485 g/mol. The summed E-state index contributed by atoms with van der Waals surface area (Å²) in [5.41, 5.74) is 2.21. The largest absolute Gasteiger partial charge is 0.369 e. The number of likely N-dealkylation sites (tertiary alicyclic amines) is 1. The van der Waals surface area contributed by atoms with E-state index in [-0.39, 0.29) is 29.5 Å². The number of benzene rings is 2. The molecule has 4 amide bonds. The van der Waals surface area contributed by atoms with Crippen LogP contribution >= 0.6 is 0 Å². The lowest BCUT2D eigenvalue weighted by Gasteiger charge is -2.31. The van der Waals surface area contributed by atoms with Crippen LogP contribution in [0.15, 0.2) is 42.5 Å². The van der Waals surface area contributed by atoms with Crippen molar-refractivity contribution in [3.8, 4) is 0 Å². The third-order valence-electron chi connectivity index (χ3n) is 7.85. The van der Waals surface area contributed by atoms with E-state index in [1.165, 1.54) is 6.07 Å². The number of anilines is 3. The standard InChI is InChI=1S/C29H36FN5O3/c30-24-10-2-3-11-25(24)32-29(38)35-17-7-16-33(18-19-35)26-13-12-22(31-27(36)21-8-6-9-21)20-23(26)28(37)34-14-4-1-5-15-34/h2-3,10-13,20-21H,1,4-9,14-19H2,(H,31,36)(H,32,38). The van der Waals surface area contributed by atoms with Crippen molar-refractivity contribution in [1.29, 1.82) is 0 Å². The minimum absolute atomic E-state index is 0.0159. The van der Waals surface area contributed by atoms with Crippen LogP contribution in [0.3, 0.4) is 0 Å². The Morgan fingerprint density at radius 1 is 0.763 bits per heavy atom. The van der Waals surface area contributed by atoms with Crippen molar-refractivity contribution in [3.05, 3.63) is 53.8 Å². The second-order valence-electron chi connectivity index (χ2n) is 10.4. The van der Waals surface area contributed by atoms with Crippen LogP contribution in [0.2, 0.25) is 0 Å². The van der Waals surface area contributed by atoms with Gasteiger partial charge in [-0.1, -0.05) is 18.6 Å². The molecular formula is C29H36FN5O3. The van der Waals surface area contributed by atoms with Crippen LogP contribution in [-0.4, -0.2) is 66.9 Å². The summed E-state index contributed by atoms with van der Waals surface area (Å²) < 4.78 is 14.0. The van der Waals surface area contributed by atoms with Crippen molar-refractivity contribution in [3.63, 3.8) is 0 Å². The average Bonchev–Trinajstić information content (AvgIpc) is 3.15. The Bertz CT molecular complexity index is 1180. The zero-order valence-corrected chi connectivity index (χ0v) is 21.8. The molecule has 9 heteroatoms. The molecule has 3 aliphatic rings. The molecule has 1 aliphatic carbocycles. The molecule has 2 aromatic rings. The molecule has 0 atom stereocenters. The number of hydrogen-bond donors (Lipinski definition) is 2. The van der Waals surface area contributed by atoms with Crippen LogP contribution in [-0.2, 0) is 4.79 Å². The van der Waals surface area contributed by atoms with Crippen LogP contribution in [0.25, 0.3) is 0 Å². The van der Waals surface area contributed by atoms with E-state index in [2.05, 4.69) is 15.5 Å². The van der Waals surface area contributed by atoms with Gasteiger partial charge in [-0.05, 0) is 68.9 Å². The molecule has 2 heterocycles. The molecule has 8 nitrogen and oxygen atoms in total. The number of rotatable bonds is 5. The number of halogens is 1. The van der Waals surface area contributed by atoms with Gasteiger partial charge in [0.25, 0.3) is 5.91 Å². The normalized spacial score (nSPS) is 18.4. The second-order valence-corrected chi connectivity index (χ2v) is 10.4. The minimum Gasteiger partial charge on any atom is -0.369 e. The number of amides is 4. The molecule has 38 heavy (non-hydrogen) atoms. The minimum atomic E-state index is -0.470. The zero-order chi connectivity index (χ0) is 26.5. The molecule has 202 valence electrons. The first-order valence-electron chi connectivity index (χ1n) is 13.8. The second kappa shape index (κ2) is 11.8. The Labute approximate surface area is 223 Å². The van der Waals surface area contributed by atoms with Crippen LogP contribution in [0, 0.1) is 11.7 Å². The van der Waals surface area contributed by atoms with Crippen molar-refractivity contribution in [2.45, 2.75) is 44.9 Å².